The highest BCUT2D eigenvalue weighted by Crippen LogP contribution is 2.46. The first-order valence-corrected chi connectivity index (χ1v) is 15.7. The molecule has 8 nitrogen and oxygen atoms in total. The Labute approximate surface area is 233 Å². The van der Waals surface area contributed by atoms with Crippen LogP contribution in [0.15, 0.2) is 53.6 Å². The van der Waals surface area contributed by atoms with Gasteiger partial charge in [0.15, 0.2) is 9.84 Å². The van der Waals surface area contributed by atoms with E-state index < -0.39 is 9.84 Å². The smallest absolute Gasteiger partial charge is 0.261 e. The number of benzene rings is 1. The van der Waals surface area contributed by atoms with Gasteiger partial charge in [0.1, 0.15) is 5.60 Å². The maximum atomic E-state index is 13.0. The van der Waals surface area contributed by atoms with Gasteiger partial charge in [-0.05, 0) is 67.6 Å². The number of carbonyl (C=O) groups is 1. The molecule has 39 heavy (non-hydrogen) atoms. The monoisotopic (exact) mass is 564 g/mol. The average molecular weight is 565 g/mol. The van der Waals surface area contributed by atoms with Gasteiger partial charge >= 0.3 is 0 Å². The average Bonchev–Trinajstić information content (AvgIpc) is 3.43. The molecule has 0 radical (unpaired) electrons. The fourth-order valence-electron chi connectivity index (χ4n) is 5.35. The quantitative estimate of drug-likeness (QED) is 0.454. The molecule has 0 aliphatic carbocycles. The van der Waals surface area contributed by atoms with Gasteiger partial charge in [0.2, 0.25) is 0 Å². The van der Waals surface area contributed by atoms with Gasteiger partial charge in [0.25, 0.3) is 5.91 Å². The zero-order valence-corrected chi connectivity index (χ0v) is 23.8. The molecule has 0 saturated carbocycles. The third-order valence-corrected chi connectivity index (χ3v) is 10.9. The first kappa shape index (κ1) is 27.5. The van der Waals surface area contributed by atoms with Gasteiger partial charge in [-0.15, -0.1) is 11.3 Å². The Bertz CT molecular complexity index is 1480. The summed E-state index contributed by atoms with van der Waals surface area (Å²) in [5, 5.41) is 12.0. The number of nitrogens with one attached hydrogen (secondary N) is 1. The van der Waals surface area contributed by atoms with Crippen LogP contribution in [0.25, 0.3) is 0 Å². The number of ether oxygens (including phenoxy) is 1. The number of rotatable bonds is 7. The first-order valence-electron chi connectivity index (χ1n) is 13.2. The van der Waals surface area contributed by atoms with Crippen LogP contribution in [0.5, 0.6) is 0 Å². The lowest BCUT2D eigenvalue weighted by molar-refractivity contribution is -0.0994. The molecule has 2 aromatic heterocycles. The molecule has 5 rings (SSSR count). The molecule has 0 bridgehead atoms. The van der Waals surface area contributed by atoms with Gasteiger partial charge < -0.3 is 10.1 Å². The Balaban J connectivity index is 1.23. The summed E-state index contributed by atoms with van der Waals surface area (Å²) in [7, 11) is -3.30. The van der Waals surface area contributed by atoms with E-state index in [-0.39, 0.29) is 34.7 Å². The molecule has 3 aromatic rings. The number of likely N-dealkylation sites (tertiary alicyclic amines) is 1. The molecule has 2 aliphatic heterocycles. The number of fused-ring (bicyclic) bond motifs is 2. The molecular formula is C29H32N4O4S2. The number of nitriles is 1. The van der Waals surface area contributed by atoms with E-state index in [4.69, 9.17) is 10.00 Å². The molecule has 2 aliphatic rings. The van der Waals surface area contributed by atoms with Crippen molar-refractivity contribution < 1.29 is 17.9 Å². The lowest BCUT2D eigenvalue weighted by Crippen LogP contribution is -2.46. The molecule has 10 heteroatoms. The maximum Gasteiger partial charge on any atom is 0.261 e. The number of hydrogen-bond acceptors (Lipinski definition) is 8. The van der Waals surface area contributed by atoms with Crippen molar-refractivity contribution in [3.63, 3.8) is 0 Å². The third-order valence-electron chi connectivity index (χ3n) is 7.84. The summed E-state index contributed by atoms with van der Waals surface area (Å²) in [4.78, 5) is 21.7. The predicted octanol–water partition coefficient (Wildman–Crippen LogP) is 4.36. The molecule has 1 N–H and O–H groups in total. The van der Waals surface area contributed by atoms with Gasteiger partial charge in [-0.2, -0.15) is 5.26 Å². The van der Waals surface area contributed by atoms with E-state index in [0.29, 0.717) is 22.7 Å². The lowest BCUT2D eigenvalue weighted by Gasteiger charge is -2.45. The predicted molar refractivity (Wildman–Crippen MR) is 149 cm³/mol. The number of aromatic nitrogens is 1. The van der Waals surface area contributed by atoms with Crippen LogP contribution < -0.4 is 5.32 Å². The van der Waals surface area contributed by atoms with Crippen molar-refractivity contribution in [3.05, 3.63) is 80.8 Å². The largest absolute Gasteiger partial charge is 0.369 e. The number of hydrogen-bond donors (Lipinski definition) is 1. The lowest BCUT2D eigenvalue weighted by atomic mass is 9.84. The second-order valence-electron chi connectivity index (χ2n) is 10.1. The summed E-state index contributed by atoms with van der Waals surface area (Å²) < 4.78 is 30.4. The summed E-state index contributed by atoms with van der Waals surface area (Å²) in [5.74, 6) is -0.142. The number of sulfone groups is 1. The van der Waals surface area contributed by atoms with Crippen molar-refractivity contribution in [2.24, 2.45) is 0 Å². The van der Waals surface area contributed by atoms with E-state index in [1.165, 1.54) is 34.7 Å². The molecule has 4 heterocycles. The Morgan fingerprint density at radius 1 is 1.23 bits per heavy atom. The maximum absolute atomic E-state index is 13.0. The normalized spacial score (nSPS) is 17.8. The van der Waals surface area contributed by atoms with Crippen LogP contribution in [-0.4, -0.2) is 49.7 Å². The number of nitrogens with zero attached hydrogens (tertiary/aromatic N) is 3. The van der Waals surface area contributed by atoms with Crippen molar-refractivity contribution in [2.75, 3.05) is 25.4 Å². The minimum atomic E-state index is -3.30. The van der Waals surface area contributed by atoms with Crippen LogP contribution in [0.1, 0.15) is 69.7 Å². The highest BCUT2D eigenvalue weighted by atomic mass is 32.2. The van der Waals surface area contributed by atoms with Crippen LogP contribution in [0, 0.1) is 11.3 Å². The zero-order chi connectivity index (χ0) is 27.6. The summed E-state index contributed by atoms with van der Waals surface area (Å²) >= 11 is 1.52. The van der Waals surface area contributed by atoms with Crippen molar-refractivity contribution in [1.29, 1.82) is 5.26 Å². The standard InChI is InChI=1S/C29H32N4O4S2/c1-3-39(35,36)25-9-8-24(31-19-25)18-32-28(34)26-16-23-10-15-37-29(27(23)38-26)11-13-33(14-12-29)20(2)22-6-4-21(17-30)5-7-22/h4-9,16,19-20H,3,10-15,18H2,1-2H3,(H,32,34). The molecule has 1 saturated heterocycles. The van der Waals surface area contributed by atoms with Crippen LogP contribution in [0.2, 0.25) is 0 Å². The molecule has 1 atom stereocenters. The van der Waals surface area contributed by atoms with Gasteiger partial charge in [-0.1, -0.05) is 19.1 Å². The van der Waals surface area contributed by atoms with Gasteiger partial charge in [0, 0.05) is 30.2 Å². The highest BCUT2D eigenvalue weighted by molar-refractivity contribution is 7.91. The van der Waals surface area contributed by atoms with E-state index >= 15 is 0 Å². The summed E-state index contributed by atoms with van der Waals surface area (Å²) in [6.45, 7) is 6.43. The molecule has 1 fully saturated rings. The minimum absolute atomic E-state index is 0.0210. The fourth-order valence-corrected chi connectivity index (χ4v) is 7.50. The van der Waals surface area contributed by atoms with Crippen molar-refractivity contribution in [1.82, 2.24) is 15.2 Å². The fraction of sp³-hybridized carbons (Fsp3) is 0.414. The molecule has 204 valence electrons. The van der Waals surface area contributed by atoms with Crippen LogP contribution in [0.3, 0.4) is 0 Å². The summed E-state index contributed by atoms with van der Waals surface area (Å²) in [6.07, 6.45) is 3.86. The second-order valence-corrected chi connectivity index (χ2v) is 13.4. The molecule has 1 unspecified atom stereocenters. The highest BCUT2D eigenvalue weighted by Gasteiger charge is 2.43. The number of pyridine rings is 1. The number of thiophene rings is 1. The Morgan fingerprint density at radius 2 is 1.97 bits per heavy atom. The van der Waals surface area contributed by atoms with Crippen LogP contribution >= 0.6 is 11.3 Å². The second kappa shape index (κ2) is 11.2. The molecular weight excluding hydrogens is 532 g/mol. The number of piperidine rings is 1. The zero-order valence-electron chi connectivity index (χ0n) is 22.1. The summed E-state index contributed by atoms with van der Waals surface area (Å²) in [6, 6.07) is 15.4. The van der Waals surface area contributed by atoms with Gasteiger partial charge in [-0.3, -0.25) is 14.7 Å². The van der Waals surface area contributed by atoms with E-state index in [9.17, 15) is 13.2 Å². The van der Waals surface area contributed by atoms with Crippen molar-refractivity contribution in [2.45, 2.75) is 56.2 Å². The molecule has 1 amide bonds. The Kier molecular flexibility index (Phi) is 7.87. The van der Waals surface area contributed by atoms with E-state index in [0.717, 1.165) is 37.2 Å². The summed E-state index contributed by atoms with van der Waals surface area (Å²) in [5.41, 5.74) is 3.29. The Hall–Kier alpha value is -3.10. The number of amides is 1. The van der Waals surface area contributed by atoms with E-state index in [2.05, 4.69) is 28.2 Å². The van der Waals surface area contributed by atoms with E-state index in [1.54, 1.807) is 13.0 Å². The molecule has 1 spiro atoms. The van der Waals surface area contributed by atoms with Gasteiger partial charge in [-0.25, -0.2) is 8.42 Å². The topological polar surface area (TPSA) is 112 Å². The minimum Gasteiger partial charge on any atom is -0.369 e. The first-order chi connectivity index (χ1) is 18.7. The third kappa shape index (κ3) is 5.63. The van der Waals surface area contributed by atoms with Gasteiger partial charge in [0.05, 0.1) is 46.0 Å². The van der Waals surface area contributed by atoms with Crippen LogP contribution in [-0.2, 0) is 33.1 Å². The van der Waals surface area contributed by atoms with E-state index in [1.807, 2.05) is 30.3 Å². The molecule has 1 aromatic carbocycles. The SMILES string of the molecule is CCS(=O)(=O)c1ccc(CNC(=O)c2cc3c(s2)C2(CCN(C(C)c4ccc(C#N)cc4)CC2)OCC3)nc1. The Morgan fingerprint density at radius 3 is 2.62 bits per heavy atom. The van der Waals surface area contributed by atoms with Crippen LogP contribution in [0.4, 0.5) is 0 Å². The van der Waals surface area contributed by atoms with Crippen molar-refractivity contribution >= 4 is 27.1 Å². The van der Waals surface area contributed by atoms with Crippen molar-refractivity contribution in [3.8, 4) is 6.07 Å². The number of carbonyl (C=O) groups excluding carboxylic acids is 1.